The van der Waals surface area contributed by atoms with Crippen LogP contribution >= 0.6 is 0 Å². The van der Waals surface area contributed by atoms with Crippen molar-refractivity contribution in [1.29, 1.82) is 0 Å². The molecule has 7 heteroatoms. The zero-order chi connectivity index (χ0) is 24.5. The Balaban J connectivity index is 1.78. The molecule has 34 heavy (non-hydrogen) atoms. The van der Waals surface area contributed by atoms with Crippen LogP contribution < -0.4 is 5.32 Å². The highest BCUT2D eigenvalue weighted by molar-refractivity contribution is 7.90. The molecule has 0 spiro atoms. The number of carbonyl (C=O) groups excluding carboxylic acids is 2. The Kier molecular flexibility index (Phi) is 6.32. The lowest BCUT2D eigenvalue weighted by Gasteiger charge is -2.34. The number of rotatable bonds is 7. The quantitative estimate of drug-likeness (QED) is 0.556. The third kappa shape index (κ3) is 4.23. The van der Waals surface area contributed by atoms with Crippen LogP contribution in [0.4, 0.5) is 4.79 Å². The molecule has 1 aliphatic rings. The summed E-state index contributed by atoms with van der Waals surface area (Å²) < 4.78 is 23.9. The second-order valence-electron chi connectivity index (χ2n) is 8.82. The highest BCUT2D eigenvalue weighted by Crippen LogP contribution is 2.39. The number of ketones is 1. The smallest absolute Gasteiger partial charge is 0.318 e. The van der Waals surface area contributed by atoms with Crippen LogP contribution in [0.25, 0.3) is 0 Å². The molecule has 3 atom stereocenters. The number of nitrogens with zero attached hydrogens (tertiary/aromatic N) is 1. The number of hydrogen-bond acceptors (Lipinski definition) is 4. The first-order valence-corrected chi connectivity index (χ1v) is 13.0. The summed E-state index contributed by atoms with van der Waals surface area (Å²) in [4.78, 5) is 28.5. The number of nitrogens with one attached hydrogen (secondary N) is 1. The number of urea groups is 1. The lowest BCUT2D eigenvalue weighted by atomic mass is 9.75. The molecule has 1 saturated heterocycles. The van der Waals surface area contributed by atoms with E-state index < -0.39 is 15.4 Å². The summed E-state index contributed by atoms with van der Waals surface area (Å²) >= 11 is 0. The van der Waals surface area contributed by atoms with Crippen molar-refractivity contribution in [1.82, 2.24) is 10.2 Å². The first kappa shape index (κ1) is 23.7. The maximum absolute atomic E-state index is 14.1. The Morgan fingerprint density at radius 3 is 1.97 bits per heavy atom. The molecule has 6 nitrogen and oxygen atoms in total. The number of sulfone groups is 1. The average Bonchev–Trinajstić information content (AvgIpc) is 3.08. The Morgan fingerprint density at radius 1 is 0.941 bits per heavy atom. The lowest BCUT2D eigenvalue weighted by molar-refractivity contribution is -0.126. The number of carbonyl (C=O) groups is 2. The Labute approximate surface area is 200 Å². The van der Waals surface area contributed by atoms with Crippen molar-refractivity contribution in [3.8, 4) is 0 Å². The second kappa shape index (κ2) is 9.06. The lowest BCUT2D eigenvalue weighted by Crippen LogP contribution is -2.52. The molecule has 0 bridgehead atoms. The number of likely N-dealkylation sites (N-methyl/N-ethyl adjacent to an activating group) is 1. The molecule has 0 saturated carbocycles. The van der Waals surface area contributed by atoms with Crippen molar-refractivity contribution in [2.75, 3.05) is 13.3 Å². The summed E-state index contributed by atoms with van der Waals surface area (Å²) in [6.45, 7) is 1.88. The van der Waals surface area contributed by atoms with Crippen LogP contribution in [0.1, 0.15) is 36.0 Å². The van der Waals surface area contributed by atoms with Gasteiger partial charge in [0.15, 0.2) is 15.6 Å². The van der Waals surface area contributed by atoms with Crippen LogP contribution in [0.3, 0.4) is 0 Å². The standard InChI is InChI=1S/C27H28N2O4S/c1-19-27(28-26(31)29(19)2,22-12-8-5-9-13-22)25(30)18-24(20-10-6-4-7-11-20)21-14-16-23(17-15-21)34(3,32)33/h4-17,19,24H,18H2,1-3H3,(H,28,31)/t19?,24-,27?/m1/s1. The van der Waals surface area contributed by atoms with Crippen LogP contribution in [0, 0.1) is 0 Å². The fourth-order valence-electron chi connectivity index (χ4n) is 4.71. The molecule has 4 rings (SSSR count). The van der Waals surface area contributed by atoms with Crippen LogP contribution in [-0.2, 0) is 20.2 Å². The van der Waals surface area contributed by atoms with Gasteiger partial charge in [-0.15, -0.1) is 0 Å². The highest BCUT2D eigenvalue weighted by Gasteiger charge is 2.54. The zero-order valence-electron chi connectivity index (χ0n) is 19.4. The minimum Gasteiger partial charge on any atom is -0.322 e. The normalized spacial score (nSPS) is 21.2. The van der Waals surface area contributed by atoms with Crippen molar-refractivity contribution in [3.05, 3.63) is 102 Å². The van der Waals surface area contributed by atoms with Crippen molar-refractivity contribution in [2.24, 2.45) is 0 Å². The molecule has 1 heterocycles. The van der Waals surface area contributed by atoms with Crippen LogP contribution in [0.5, 0.6) is 0 Å². The van der Waals surface area contributed by atoms with Crippen molar-refractivity contribution >= 4 is 21.7 Å². The molecule has 2 amide bonds. The number of hydrogen-bond donors (Lipinski definition) is 1. The molecule has 3 aromatic rings. The van der Waals surface area contributed by atoms with E-state index in [9.17, 15) is 18.0 Å². The third-order valence-electron chi connectivity index (χ3n) is 6.80. The summed E-state index contributed by atoms with van der Waals surface area (Å²) in [5.74, 6) is -0.414. The highest BCUT2D eigenvalue weighted by atomic mass is 32.2. The largest absolute Gasteiger partial charge is 0.322 e. The van der Waals surface area contributed by atoms with Crippen molar-refractivity contribution < 1.29 is 18.0 Å². The van der Waals surface area contributed by atoms with Gasteiger partial charge in [-0.05, 0) is 35.7 Å². The van der Waals surface area contributed by atoms with Gasteiger partial charge in [-0.25, -0.2) is 13.2 Å². The number of benzene rings is 3. The maximum Gasteiger partial charge on any atom is 0.318 e. The minimum absolute atomic E-state index is 0.107. The second-order valence-corrected chi connectivity index (χ2v) is 10.8. The summed E-state index contributed by atoms with van der Waals surface area (Å²) in [5, 5.41) is 2.98. The fraction of sp³-hybridized carbons (Fsp3) is 0.259. The van der Waals surface area contributed by atoms with Gasteiger partial charge in [0.25, 0.3) is 0 Å². The van der Waals surface area contributed by atoms with Gasteiger partial charge in [0.05, 0.1) is 10.9 Å². The van der Waals surface area contributed by atoms with Gasteiger partial charge in [0.2, 0.25) is 0 Å². The maximum atomic E-state index is 14.1. The van der Waals surface area contributed by atoms with E-state index in [1.807, 2.05) is 67.6 Å². The van der Waals surface area contributed by atoms with Crippen LogP contribution in [0.15, 0.2) is 89.8 Å². The SMILES string of the molecule is CC1N(C)C(=O)NC1(C(=O)C[C@H](c1ccccc1)c1ccc(S(C)(=O)=O)cc1)c1ccccc1. The van der Waals surface area contributed by atoms with E-state index >= 15 is 0 Å². The van der Waals surface area contributed by atoms with E-state index in [2.05, 4.69) is 5.32 Å². The van der Waals surface area contributed by atoms with Gasteiger partial charge in [0, 0.05) is 25.6 Å². The average molecular weight is 477 g/mol. The molecule has 1 N–H and O–H groups in total. The summed E-state index contributed by atoms with van der Waals surface area (Å²) in [6, 6.07) is 25.0. The Morgan fingerprint density at radius 2 is 1.47 bits per heavy atom. The van der Waals surface area contributed by atoms with E-state index in [-0.39, 0.29) is 35.1 Å². The van der Waals surface area contributed by atoms with Gasteiger partial charge < -0.3 is 10.2 Å². The minimum atomic E-state index is -3.33. The zero-order valence-corrected chi connectivity index (χ0v) is 20.2. The Hall–Kier alpha value is -3.45. The van der Waals surface area contributed by atoms with Crippen molar-refractivity contribution in [2.45, 2.75) is 35.7 Å². The van der Waals surface area contributed by atoms with E-state index in [1.54, 1.807) is 36.2 Å². The topological polar surface area (TPSA) is 83.6 Å². The molecular formula is C27H28N2O4S. The fourth-order valence-corrected chi connectivity index (χ4v) is 5.34. The molecular weight excluding hydrogens is 448 g/mol. The monoisotopic (exact) mass is 476 g/mol. The summed E-state index contributed by atoms with van der Waals surface area (Å²) in [6.07, 6.45) is 1.31. The van der Waals surface area contributed by atoms with Gasteiger partial charge in [-0.2, -0.15) is 0 Å². The number of amides is 2. The van der Waals surface area contributed by atoms with Crippen molar-refractivity contribution in [3.63, 3.8) is 0 Å². The summed E-state index contributed by atoms with van der Waals surface area (Å²) in [7, 11) is -1.64. The molecule has 1 aliphatic heterocycles. The van der Waals surface area contributed by atoms with Gasteiger partial charge in [0.1, 0.15) is 5.54 Å². The van der Waals surface area contributed by atoms with Crippen LogP contribution in [-0.4, -0.2) is 44.5 Å². The third-order valence-corrected chi connectivity index (χ3v) is 7.93. The molecule has 2 unspecified atom stereocenters. The number of Topliss-reactive ketones (excluding diaryl/α,β-unsaturated/α-hetero) is 1. The van der Waals surface area contributed by atoms with E-state index in [4.69, 9.17) is 0 Å². The van der Waals surface area contributed by atoms with Gasteiger partial charge in [-0.1, -0.05) is 72.8 Å². The predicted molar refractivity (Wildman–Crippen MR) is 131 cm³/mol. The first-order chi connectivity index (χ1) is 16.1. The first-order valence-electron chi connectivity index (χ1n) is 11.1. The molecule has 0 aliphatic carbocycles. The molecule has 176 valence electrons. The van der Waals surface area contributed by atoms with E-state index in [0.717, 1.165) is 16.7 Å². The summed E-state index contributed by atoms with van der Waals surface area (Å²) in [5.41, 5.74) is 1.33. The predicted octanol–water partition coefficient (Wildman–Crippen LogP) is 4.12. The molecule has 1 fully saturated rings. The van der Waals surface area contributed by atoms with Crippen LogP contribution in [0.2, 0.25) is 0 Å². The molecule has 0 radical (unpaired) electrons. The molecule has 0 aromatic heterocycles. The Bertz CT molecular complexity index is 1290. The van der Waals surface area contributed by atoms with E-state index in [1.165, 1.54) is 6.26 Å². The molecule has 3 aromatic carbocycles. The van der Waals surface area contributed by atoms with E-state index in [0.29, 0.717) is 0 Å². The van der Waals surface area contributed by atoms with Gasteiger partial charge >= 0.3 is 6.03 Å². The van der Waals surface area contributed by atoms with Gasteiger partial charge in [-0.3, -0.25) is 4.79 Å².